The Morgan fingerprint density at radius 1 is 0.265 bits per heavy atom. The lowest BCUT2D eigenvalue weighted by Gasteiger charge is -2.18. The molecule has 17 aromatic rings. The fraction of sp³-hybridized carbons (Fsp3) is 0. The molecule has 8 nitrogen and oxygen atoms in total. The summed E-state index contributed by atoms with van der Waals surface area (Å²) in [5, 5.41) is 25.1. The summed E-state index contributed by atoms with van der Waals surface area (Å²) in [4.78, 5) is 20.5. The molecule has 0 radical (unpaired) electrons. The Morgan fingerprint density at radius 2 is 0.592 bits per heavy atom. The van der Waals surface area contributed by atoms with E-state index in [0.29, 0.717) is 45.4 Å². The summed E-state index contributed by atoms with van der Waals surface area (Å²) < 4.78 is 4.66. The fourth-order valence-corrected chi connectivity index (χ4v) is 13.9. The first kappa shape index (κ1) is 58.0. The molecule has 98 heavy (non-hydrogen) atoms. The van der Waals surface area contributed by atoms with Gasteiger partial charge in [-0.3, -0.25) is 0 Å². The highest BCUT2D eigenvalue weighted by atomic mass is 15.0. The molecule has 0 aliphatic heterocycles. The molecule has 0 N–H and O–H groups in total. The Kier molecular flexibility index (Phi) is 14.5. The summed E-state index contributed by atoms with van der Waals surface area (Å²) in [5.41, 5.74) is 23.5. The van der Waals surface area contributed by atoms with Gasteiger partial charge in [0.1, 0.15) is 0 Å². The van der Waals surface area contributed by atoms with E-state index in [1.165, 1.54) is 0 Å². The van der Waals surface area contributed by atoms with Crippen molar-refractivity contribution in [2.24, 2.45) is 0 Å². The normalized spacial score (nSPS) is 11.2. The molecule has 0 saturated heterocycles. The van der Waals surface area contributed by atoms with E-state index in [1.807, 2.05) is 115 Å². The van der Waals surface area contributed by atoms with Crippen molar-refractivity contribution in [1.82, 2.24) is 24.1 Å². The Labute approximate surface area is 566 Å². The van der Waals surface area contributed by atoms with Gasteiger partial charge < -0.3 is 9.13 Å². The predicted molar refractivity (Wildman–Crippen MR) is 399 cm³/mol. The highest BCUT2D eigenvalue weighted by Gasteiger charge is 2.24. The lowest BCUT2D eigenvalue weighted by molar-refractivity contribution is 1.07. The number of aromatic nitrogens is 5. The van der Waals surface area contributed by atoms with Crippen molar-refractivity contribution >= 4 is 49.3 Å². The molecule has 8 heteroatoms. The Hall–Kier alpha value is -13.8. The van der Waals surface area contributed by atoms with E-state index < -0.39 is 0 Å². The maximum atomic E-state index is 11.0. The van der Waals surface area contributed by atoms with E-state index in [4.69, 9.17) is 21.5 Å². The number of hydrogen-bond donors (Lipinski definition) is 0. The van der Waals surface area contributed by atoms with Crippen LogP contribution in [-0.4, -0.2) is 24.1 Å². The van der Waals surface area contributed by atoms with Gasteiger partial charge in [-0.1, -0.05) is 218 Å². The van der Waals surface area contributed by atoms with Crippen LogP contribution in [0.2, 0.25) is 0 Å². The summed E-state index contributed by atoms with van der Waals surface area (Å²) in [5.74, 6) is 1.27. The van der Waals surface area contributed by atoms with Gasteiger partial charge in [-0.05, 0) is 176 Å². The third-order valence-corrected chi connectivity index (χ3v) is 18.7. The number of para-hydroxylation sites is 1. The van der Waals surface area contributed by atoms with Gasteiger partial charge >= 0.3 is 0 Å². The molecule has 3 heterocycles. The number of hydrogen-bond acceptors (Lipinski definition) is 5. The third kappa shape index (κ3) is 10.4. The van der Waals surface area contributed by atoms with Crippen molar-refractivity contribution in [3.05, 3.63) is 350 Å². The van der Waals surface area contributed by atoms with Crippen LogP contribution in [0.5, 0.6) is 0 Å². The Bertz CT molecular complexity index is 5610. The number of fused-ring (bicyclic) bond motifs is 6. The summed E-state index contributed by atoms with van der Waals surface area (Å²) >= 11 is 0. The van der Waals surface area contributed by atoms with Crippen LogP contribution in [0, 0.1) is 29.2 Å². The Morgan fingerprint density at radius 3 is 1.01 bits per heavy atom. The van der Waals surface area contributed by atoms with Crippen LogP contribution < -0.4 is 0 Å². The summed E-state index contributed by atoms with van der Waals surface area (Å²) in [7, 11) is 0. The molecular weight excluding hydrogens is 1190 g/mol. The molecule has 0 saturated carbocycles. The average molecular weight is 1250 g/mol. The first-order valence-electron chi connectivity index (χ1n) is 32.4. The van der Waals surface area contributed by atoms with Gasteiger partial charge in [0, 0.05) is 49.4 Å². The maximum Gasteiger partial charge on any atom is 0.194 e. The smallest absolute Gasteiger partial charge is 0.194 e. The zero-order valence-corrected chi connectivity index (χ0v) is 52.8. The average Bonchev–Trinajstić information content (AvgIpc) is 1.65. The molecule has 0 unspecified atom stereocenters. The second kappa shape index (κ2) is 24.6. The molecule has 0 spiro atoms. The van der Waals surface area contributed by atoms with E-state index >= 15 is 0 Å². The molecule has 0 fully saturated rings. The van der Waals surface area contributed by atoms with Crippen LogP contribution in [0.25, 0.3) is 172 Å². The van der Waals surface area contributed by atoms with Gasteiger partial charge in [-0.15, -0.1) is 0 Å². The predicted octanol–water partition coefficient (Wildman–Crippen LogP) is 23.0. The number of nitrogens with zero attached hydrogens (tertiary/aromatic N) is 8. The van der Waals surface area contributed by atoms with E-state index in [-0.39, 0.29) is 0 Å². The maximum absolute atomic E-state index is 11.0. The minimum atomic E-state index is 0.413. The van der Waals surface area contributed by atoms with Gasteiger partial charge in [-0.2, -0.15) is 10.5 Å². The van der Waals surface area contributed by atoms with Crippen molar-refractivity contribution in [2.75, 3.05) is 0 Å². The van der Waals surface area contributed by atoms with Crippen molar-refractivity contribution < 1.29 is 0 Å². The fourth-order valence-electron chi connectivity index (χ4n) is 13.9. The SMILES string of the molecule is [C-]#[N+]c1ccccc1-c1cc(-c2nc(-c3cccc(-c4ccc(C#N)cc4)c3)nc(-c3ccc(-n4c5ccc(-c6ccccc6)cc5c5cc(-c6ccccc6)ccc54)c(-c4ccccc4C#N)c3)n2)ccc1-n1c2ccc(-c3ccccc3)cc2c2cc(-c3ccccc3)ccc21. The minimum Gasteiger partial charge on any atom is -0.309 e. The van der Waals surface area contributed by atoms with Gasteiger partial charge in [0.15, 0.2) is 23.2 Å². The number of nitriles is 2. The second-order valence-electron chi connectivity index (χ2n) is 24.4. The van der Waals surface area contributed by atoms with Gasteiger partial charge in [0.25, 0.3) is 0 Å². The van der Waals surface area contributed by atoms with Gasteiger partial charge in [0.05, 0.1) is 63.3 Å². The molecular formula is C90H54N8. The largest absolute Gasteiger partial charge is 0.309 e. The molecule has 17 rings (SSSR count). The van der Waals surface area contributed by atoms with Gasteiger partial charge in [0.2, 0.25) is 0 Å². The Balaban J connectivity index is 0.893. The molecule has 0 atom stereocenters. The lowest BCUT2D eigenvalue weighted by atomic mass is 9.96. The van der Waals surface area contributed by atoms with Crippen LogP contribution >= 0.6 is 0 Å². The van der Waals surface area contributed by atoms with Crippen LogP contribution in [-0.2, 0) is 0 Å². The third-order valence-electron chi connectivity index (χ3n) is 18.7. The van der Waals surface area contributed by atoms with Crippen LogP contribution in [0.15, 0.2) is 328 Å². The topological polar surface area (TPSA) is 100 Å². The van der Waals surface area contributed by atoms with Gasteiger partial charge in [-0.25, -0.2) is 19.8 Å². The summed E-state index contributed by atoms with van der Waals surface area (Å²) in [6, 6.07) is 117. The standard InChI is InChI=1S/C90H54N8/c1-93-81-32-17-16-31-74(81)76-55-71(42-48-83(76)98-86-45-39-67(61-23-10-4-11-24-61)52-79(86)80-53-68(40-46-87(80)98)62-25-12-5-13-26-62)90-95-88(69-29-18-28-64(49-69)63-35-33-58(56-91)34-36-63)94-89(96-90)70-41-47-82(75(54-70)73-30-15-14-27-72(73)57-92)97-84-43-37-65(59-19-6-2-7-20-59)50-77(84)78-51-66(38-44-85(78)97)60-21-8-3-9-22-60/h2-55H. The van der Waals surface area contributed by atoms with Crippen LogP contribution in [0.3, 0.4) is 0 Å². The van der Waals surface area contributed by atoms with Crippen molar-refractivity contribution in [3.63, 3.8) is 0 Å². The monoisotopic (exact) mass is 1250 g/mol. The van der Waals surface area contributed by atoms with Crippen molar-refractivity contribution in [3.8, 4) is 136 Å². The summed E-state index contributed by atoms with van der Waals surface area (Å²) in [6.45, 7) is 8.59. The molecule has 14 aromatic carbocycles. The second-order valence-corrected chi connectivity index (χ2v) is 24.4. The molecule has 3 aromatic heterocycles. The van der Waals surface area contributed by atoms with Crippen LogP contribution in [0.1, 0.15) is 11.1 Å². The number of rotatable bonds is 12. The first-order chi connectivity index (χ1) is 48.4. The van der Waals surface area contributed by atoms with E-state index in [2.05, 4.69) is 238 Å². The van der Waals surface area contributed by atoms with Crippen LogP contribution in [0.4, 0.5) is 5.69 Å². The van der Waals surface area contributed by atoms with E-state index in [9.17, 15) is 10.5 Å². The minimum absolute atomic E-state index is 0.413. The van der Waals surface area contributed by atoms with E-state index in [0.717, 1.165) is 138 Å². The molecule has 0 amide bonds. The molecule has 0 bridgehead atoms. The molecule has 0 aliphatic carbocycles. The zero-order chi connectivity index (χ0) is 65.6. The zero-order valence-electron chi connectivity index (χ0n) is 52.8. The lowest BCUT2D eigenvalue weighted by Crippen LogP contribution is -2.03. The summed E-state index contributed by atoms with van der Waals surface area (Å²) in [6.07, 6.45) is 0. The highest BCUT2D eigenvalue weighted by molar-refractivity contribution is 6.14. The molecule has 0 aliphatic rings. The highest BCUT2D eigenvalue weighted by Crippen LogP contribution is 2.45. The van der Waals surface area contributed by atoms with Crippen molar-refractivity contribution in [1.29, 1.82) is 10.5 Å². The quantitative estimate of drug-likeness (QED) is 0.113. The van der Waals surface area contributed by atoms with E-state index in [1.54, 1.807) is 0 Å². The molecule has 454 valence electrons. The van der Waals surface area contributed by atoms with Crippen molar-refractivity contribution in [2.45, 2.75) is 0 Å². The first-order valence-corrected chi connectivity index (χ1v) is 32.4. The number of benzene rings is 14.